The van der Waals surface area contributed by atoms with Gasteiger partial charge in [0.15, 0.2) is 0 Å². The highest BCUT2D eigenvalue weighted by Gasteiger charge is 2.21. The number of fused-ring (bicyclic) bond motifs is 1. The van der Waals surface area contributed by atoms with E-state index in [1.165, 1.54) is 4.57 Å². The van der Waals surface area contributed by atoms with E-state index in [2.05, 4.69) is 22.9 Å². The third kappa shape index (κ3) is 3.55. The SMILES string of the molecule is C[C@H]1CN(Cc2nc3ccccc3c(=O)n2CC#N)CC[S@@](=O)C1. The molecule has 0 N–H and O–H groups in total. The van der Waals surface area contributed by atoms with Gasteiger partial charge in [-0.3, -0.25) is 18.5 Å². The van der Waals surface area contributed by atoms with Gasteiger partial charge in [0.1, 0.15) is 12.4 Å². The van der Waals surface area contributed by atoms with Crippen LogP contribution in [0.3, 0.4) is 0 Å². The number of hydrogen-bond acceptors (Lipinski definition) is 5. The van der Waals surface area contributed by atoms with Crippen LogP contribution in [0.25, 0.3) is 10.9 Å². The molecule has 0 radical (unpaired) electrons. The van der Waals surface area contributed by atoms with E-state index in [1.54, 1.807) is 12.1 Å². The van der Waals surface area contributed by atoms with E-state index in [-0.39, 0.29) is 12.1 Å². The highest BCUT2D eigenvalue weighted by atomic mass is 32.2. The van der Waals surface area contributed by atoms with Crippen LogP contribution < -0.4 is 5.56 Å². The van der Waals surface area contributed by atoms with E-state index in [0.29, 0.717) is 47.2 Å². The summed E-state index contributed by atoms with van der Waals surface area (Å²) in [7, 11) is -0.785. The molecule has 0 amide bonds. The topological polar surface area (TPSA) is 79.0 Å². The first-order valence-corrected chi connectivity index (χ1v) is 9.50. The third-order valence-corrected chi connectivity index (χ3v) is 5.79. The van der Waals surface area contributed by atoms with Crippen molar-refractivity contribution in [2.24, 2.45) is 5.92 Å². The fourth-order valence-corrected chi connectivity index (χ4v) is 4.50. The van der Waals surface area contributed by atoms with E-state index < -0.39 is 10.8 Å². The summed E-state index contributed by atoms with van der Waals surface area (Å²) in [5.74, 6) is 2.29. The summed E-state index contributed by atoms with van der Waals surface area (Å²) in [4.78, 5) is 19.5. The maximum absolute atomic E-state index is 12.7. The second kappa shape index (κ2) is 7.24. The minimum absolute atomic E-state index is 0.0126. The zero-order chi connectivity index (χ0) is 17.1. The van der Waals surface area contributed by atoms with E-state index >= 15 is 0 Å². The van der Waals surface area contributed by atoms with Gasteiger partial charge in [-0.1, -0.05) is 19.1 Å². The minimum atomic E-state index is -0.785. The molecule has 1 aliphatic rings. The minimum Gasteiger partial charge on any atom is -0.295 e. The van der Waals surface area contributed by atoms with Gasteiger partial charge in [0.25, 0.3) is 5.56 Å². The lowest BCUT2D eigenvalue weighted by atomic mass is 10.2. The summed E-state index contributed by atoms with van der Waals surface area (Å²) in [5.41, 5.74) is 0.474. The Morgan fingerprint density at radius 3 is 3.00 bits per heavy atom. The Hall–Kier alpha value is -2.04. The molecule has 24 heavy (non-hydrogen) atoms. The van der Waals surface area contributed by atoms with Gasteiger partial charge in [-0.2, -0.15) is 5.26 Å². The van der Waals surface area contributed by atoms with Gasteiger partial charge in [-0.15, -0.1) is 0 Å². The van der Waals surface area contributed by atoms with Crippen LogP contribution in [-0.4, -0.2) is 43.3 Å². The summed E-state index contributed by atoms with van der Waals surface area (Å²) >= 11 is 0. The van der Waals surface area contributed by atoms with Crippen molar-refractivity contribution in [2.45, 2.75) is 20.0 Å². The number of benzene rings is 1. The second-order valence-electron chi connectivity index (χ2n) is 6.25. The van der Waals surface area contributed by atoms with E-state index in [4.69, 9.17) is 5.26 Å². The van der Waals surface area contributed by atoms with Crippen LogP contribution in [0, 0.1) is 17.2 Å². The first-order valence-electron chi connectivity index (χ1n) is 8.01. The van der Waals surface area contributed by atoms with Gasteiger partial charge < -0.3 is 0 Å². The Bertz CT molecular complexity index is 871. The predicted octanol–water partition coefficient (Wildman–Crippen LogP) is 1.12. The molecular weight excluding hydrogens is 324 g/mol. The van der Waals surface area contributed by atoms with Gasteiger partial charge in [0.05, 0.1) is 23.5 Å². The average molecular weight is 344 g/mol. The van der Waals surface area contributed by atoms with Crippen molar-refractivity contribution >= 4 is 21.7 Å². The van der Waals surface area contributed by atoms with Crippen molar-refractivity contribution in [3.05, 3.63) is 40.4 Å². The monoisotopic (exact) mass is 344 g/mol. The maximum Gasteiger partial charge on any atom is 0.262 e. The summed E-state index contributed by atoms with van der Waals surface area (Å²) < 4.78 is 13.3. The van der Waals surface area contributed by atoms with Gasteiger partial charge in [0, 0.05) is 35.4 Å². The average Bonchev–Trinajstić information content (AvgIpc) is 2.71. The predicted molar refractivity (Wildman–Crippen MR) is 93.9 cm³/mol. The fraction of sp³-hybridized carbons (Fsp3) is 0.471. The number of hydrogen-bond donors (Lipinski definition) is 0. The highest BCUT2D eigenvalue weighted by molar-refractivity contribution is 7.85. The van der Waals surface area contributed by atoms with Gasteiger partial charge in [-0.05, 0) is 18.1 Å². The first kappa shape index (κ1) is 16.8. The third-order valence-electron chi connectivity index (χ3n) is 4.21. The van der Waals surface area contributed by atoms with Crippen molar-refractivity contribution < 1.29 is 4.21 Å². The first-order chi connectivity index (χ1) is 11.6. The number of nitrogens with zero attached hydrogens (tertiary/aromatic N) is 4. The van der Waals surface area contributed by atoms with Gasteiger partial charge >= 0.3 is 0 Å². The van der Waals surface area contributed by atoms with Gasteiger partial charge in [-0.25, -0.2) is 4.98 Å². The molecule has 0 unspecified atom stereocenters. The molecule has 1 aromatic heterocycles. The van der Waals surface area contributed by atoms with Crippen LogP contribution >= 0.6 is 0 Å². The second-order valence-corrected chi connectivity index (χ2v) is 7.87. The normalized spacial score (nSPS) is 22.2. The number of aromatic nitrogens is 2. The maximum atomic E-state index is 12.7. The number of para-hydroxylation sites is 1. The van der Waals surface area contributed by atoms with Crippen molar-refractivity contribution in [1.29, 1.82) is 5.26 Å². The molecule has 2 heterocycles. The van der Waals surface area contributed by atoms with Crippen LogP contribution in [0.5, 0.6) is 0 Å². The molecule has 1 aliphatic heterocycles. The molecule has 3 rings (SSSR count). The van der Waals surface area contributed by atoms with Crippen LogP contribution in [0.2, 0.25) is 0 Å². The summed E-state index contributed by atoms with van der Waals surface area (Å²) in [6.45, 7) is 4.10. The van der Waals surface area contributed by atoms with E-state index in [1.807, 2.05) is 12.1 Å². The van der Waals surface area contributed by atoms with Crippen LogP contribution in [0.1, 0.15) is 12.7 Å². The quantitative estimate of drug-likeness (QED) is 0.834. The van der Waals surface area contributed by atoms with Crippen LogP contribution in [0.4, 0.5) is 0 Å². The molecule has 126 valence electrons. The molecule has 0 aliphatic carbocycles. The zero-order valence-corrected chi connectivity index (χ0v) is 14.5. The molecule has 1 fully saturated rings. The molecule has 0 saturated carbocycles. The Labute approximate surface area is 143 Å². The van der Waals surface area contributed by atoms with Crippen molar-refractivity contribution in [2.75, 3.05) is 24.6 Å². The summed E-state index contributed by atoms with van der Waals surface area (Å²) in [6, 6.07) is 9.25. The van der Waals surface area contributed by atoms with Crippen LogP contribution in [-0.2, 0) is 23.9 Å². The molecule has 6 nitrogen and oxygen atoms in total. The largest absolute Gasteiger partial charge is 0.295 e. The number of rotatable bonds is 3. The number of nitriles is 1. The highest BCUT2D eigenvalue weighted by Crippen LogP contribution is 2.13. The molecule has 0 bridgehead atoms. The lowest BCUT2D eigenvalue weighted by Gasteiger charge is -2.22. The molecule has 2 aromatic rings. The summed E-state index contributed by atoms with van der Waals surface area (Å²) in [6.07, 6.45) is 0. The summed E-state index contributed by atoms with van der Waals surface area (Å²) in [5, 5.41) is 9.61. The Balaban J connectivity index is 1.98. The lowest BCUT2D eigenvalue weighted by Crippen LogP contribution is -2.33. The standard InChI is InChI=1S/C17H20N4O2S/c1-13-10-20(8-9-24(23)12-13)11-16-19-15-5-3-2-4-14(15)17(22)21(16)7-6-18/h2-5,13H,7-12H2,1H3/t13-,24+/m0/s1. The van der Waals surface area contributed by atoms with Gasteiger partial charge in [0.2, 0.25) is 0 Å². The molecule has 1 aromatic carbocycles. The Morgan fingerprint density at radius 1 is 1.42 bits per heavy atom. The fourth-order valence-electron chi connectivity index (χ4n) is 3.13. The van der Waals surface area contributed by atoms with Crippen molar-refractivity contribution in [1.82, 2.24) is 14.5 Å². The molecule has 2 atom stereocenters. The molecule has 7 heteroatoms. The van der Waals surface area contributed by atoms with E-state index in [9.17, 15) is 9.00 Å². The molecule has 0 spiro atoms. The lowest BCUT2D eigenvalue weighted by molar-refractivity contribution is 0.247. The molecule has 1 saturated heterocycles. The smallest absolute Gasteiger partial charge is 0.262 e. The Kier molecular flexibility index (Phi) is 5.07. The zero-order valence-electron chi connectivity index (χ0n) is 13.6. The van der Waals surface area contributed by atoms with Crippen LogP contribution in [0.15, 0.2) is 29.1 Å². The van der Waals surface area contributed by atoms with Crippen molar-refractivity contribution in [3.63, 3.8) is 0 Å². The van der Waals surface area contributed by atoms with Crippen molar-refractivity contribution in [3.8, 4) is 6.07 Å². The molecular formula is C17H20N4O2S. The Morgan fingerprint density at radius 2 is 2.21 bits per heavy atom. The van der Waals surface area contributed by atoms with E-state index in [0.717, 1.165) is 6.54 Å².